The molecule has 0 unspecified atom stereocenters. The Labute approximate surface area is 195 Å². The molecule has 1 aromatic carbocycles. The lowest BCUT2D eigenvalue weighted by molar-refractivity contribution is -0.274. The summed E-state index contributed by atoms with van der Waals surface area (Å²) in [6, 6.07) is 7.16. The lowest BCUT2D eigenvalue weighted by Crippen LogP contribution is -2.36. The number of hydrogen-bond acceptors (Lipinski definition) is 5. The highest BCUT2D eigenvalue weighted by molar-refractivity contribution is 6.33. The Morgan fingerprint density at radius 3 is 2.70 bits per heavy atom. The van der Waals surface area contributed by atoms with Crippen molar-refractivity contribution in [2.24, 2.45) is 5.92 Å². The number of alkyl halides is 3. The summed E-state index contributed by atoms with van der Waals surface area (Å²) in [5, 5.41) is 2.84. The minimum Gasteiger partial charge on any atom is -0.406 e. The predicted octanol–water partition coefficient (Wildman–Crippen LogP) is 5.78. The first-order valence-electron chi connectivity index (χ1n) is 10.7. The van der Waals surface area contributed by atoms with Gasteiger partial charge in [-0.05, 0) is 49.9 Å². The van der Waals surface area contributed by atoms with Crippen LogP contribution in [0, 0.1) is 12.8 Å². The summed E-state index contributed by atoms with van der Waals surface area (Å²) in [5.74, 6) is -0.213. The molecule has 1 saturated heterocycles. The van der Waals surface area contributed by atoms with Gasteiger partial charge in [0.15, 0.2) is 5.78 Å². The van der Waals surface area contributed by atoms with Crippen LogP contribution in [0.3, 0.4) is 0 Å². The van der Waals surface area contributed by atoms with Gasteiger partial charge in [0, 0.05) is 43.3 Å². The number of rotatable bonds is 7. The summed E-state index contributed by atoms with van der Waals surface area (Å²) in [5.41, 5.74) is 1.72. The largest absolute Gasteiger partial charge is 0.573 e. The number of aryl methyl sites for hydroxylation is 1. The number of halogens is 4. The molecule has 0 bridgehead atoms. The van der Waals surface area contributed by atoms with Gasteiger partial charge in [0.2, 0.25) is 5.91 Å². The molecule has 6 nitrogen and oxygen atoms in total. The van der Waals surface area contributed by atoms with Gasteiger partial charge in [-0.3, -0.25) is 9.59 Å². The molecule has 1 fully saturated rings. The number of ketones is 1. The molecule has 0 spiro atoms. The average Bonchev–Trinajstić information content (AvgIpc) is 2.72. The summed E-state index contributed by atoms with van der Waals surface area (Å²) in [4.78, 5) is 30.8. The fourth-order valence-electron chi connectivity index (χ4n) is 3.90. The maximum atomic E-state index is 13.0. The van der Waals surface area contributed by atoms with Crippen LogP contribution in [0.15, 0.2) is 30.3 Å². The third kappa shape index (κ3) is 7.08. The van der Waals surface area contributed by atoms with Gasteiger partial charge in [0.25, 0.3) is 0 Å². The Balaban J connectivity index is 1.68. The van der Waals surface area contributed by atoms with Crippen LogP contribution < -0.4 is 15.0 Å². The molecule has 1 aliphatic heterocycles. The van der Waals surface area contributed by atoms with E-state index in [1.54, 1.807) is 26.0 Å². The van der Waals surface area contributed by atoms with Crippen LogP contribution in [0.25, 0.3) is 0 Å². The maximum Gasteiger partial charge on any atom is 0.573 e. The Morgan fingerprint density at radius 2 is 2.03 bits per heavy atom. The first-order valence-corrected chi connectivity index (χ1v) is 11.0. The number of pyridine rings is 1. The second-order valence-corrected chi connectivity index (χ2v) is 8.43. The zero-order chi connectivity index (χ0) is 24.2. The van der Waals surface area contributed by atoms with E-state index in [2.05, 4.69) is 15.0 Å². The molecule has 3 rings (SSSR count). The third-order valence-corrected chi connectivity index (χ3v) is 5.65. The number of carbonyl (C=O) groups is 2. The van der Waals surface area contributed by atoms with E-state index >= 15 is 0 Å². The first-order chi connectivity index (χ1) is 15.5. The van der Waals surface area contributed by atoms with Crippen molar-refractivity contribution in [1.82, 2.24) is 4.98 Å². The Kier molecular flexibility index (Phi) is 7.84. The Morgan fingerprint density at radius 1 is 1.27 bits per heavy atom. The second-order valence-electron chi connectivity index (χ2n) is 8.03. The van der Waals surface area contributed by atoms with E-state index in [-0.39, 0.29) is 28.4 Å². The van der Waals surface area contributed by atoms with E-state index in [4.69, 9.17) is 11.6 Å². The standard InChI is InChI=1S/C23H25ClF3N3O3/c1-3-22(32)29-21-11-16(9-14(2)28-21)20(31)10-15-5-4-8-30(13-15)19-7-6-17(12-18(19)24)33-23(25,26)27/h6-7,9,11-12,15H,3-5,8,10,13H2,1-2H3,(H,28,29,32)/t15-/m0/s1. The molecule has 1 aliphatic rings. The van der Waals surface area contributed by atoms with Crippen LogP contribution in [-0.4, -0.2) is 36.1 Å². The number of ether oxygens (including phenoxy) is 1. The summed E-state index contributed by atoms with van der Waals surface area (Å²) in [6.07, 6.45) is -2.51. The van der Waals surface area contributed by atoms with Crippen LogP contribution in [0.1, 0.15) is 48.7 Å². The number of anilines is 2. The Hall–Kier alpha value is -2.81. The SMILES string of the molecule is CCC(=O)Nc1cc(C(=O)C[C@@H]2CCCN(c3ccc(OC(F)(F)F)cc3Cl)C2)cc(C)n1. The molecule has 0 radical (unpaired) electrons. The topological polar surface area (TPSA) is 71.5 Å². The molecule has 1 aromatic heterocycles. The molecule has 1 atom stereocenters. The highest BCUT2D eigenvalue weighted by Crippen LogP contribution is 2.35. The monoisotopic (exact) mass is 483 g/mol. The average molecular weight is 484 g/mol. The van der Waals surface area contributed by atoms with Crippen molar-refractivity contribution in [3.05, 3.63) is 46.6 Å². The van der Waals surface area contributed by atoms with Crippen molar-refractivity contribution < 1.29 is 27.5 Å². The van der Waals surface area contributed by atoms with Gasteiger partial charge in [0.1, 0.15) is 11.6 Å². The van der Waals surface area contributed by atoms with E-state index in [9.17, 15) is 22.8 Å². The first kappa shape index (κ1) is 24.8. The summed E-state index contributed by atoms with van der Waals surface area (Å²) >= 11 is 6.23. The number of aromatic nitrogens is 1. The lowest BCUT2D eigenvalue weighted by atomic mass is 9.90. The Bertz CT molecular complexity index is 1030. The minimum atomic E-state index is -4.79. The molecule has 33 heavy (non-hydrogen) atoms. The molecule has 2 aromatic rings. The molecular weight excluding hydrogens is 459 g/mol. The normalized spacial score (nSPS) is 16.4. The molecule has 178 valence electrons. The third-order valence-electron chi connectivity index (χ3n) is 5.35. The van der Waals surface area contributed by atoms with E-state index < -0.39 is 6.36 Å². The number of Topliss-reactive ketones (excluding diaryl/α,β-unsaturated/α-hetero) is 1. The molecule has 0 aliphatic carbocycles. The fourth-order valence-corrected chi connectivity index (χ4v) is 4.19. The van der Waals surface area contributed by atoms with Gasteiger partial charge in [-0.25, -0.2) is 4.98 Å². The van der Waals surface area contributed by atoms with Crippen molar-refractivity contribution in [2.45, 2.75) is 45.9 Å². The van der Waals surface area contributed by atoms with Crippen LogP contribution in [-0.2, 0) is 4.79 Å². The van der Waals surface area contributed by atoms with Crippen LogP contribution in [0.4, 0.5) is 24.7 Å². The van der Waals surface area contributed by atoms with Gasteiger partial charge >= 0.3 is 6.36 Å². The molecule has 1 amide bonds. The zero-order valence-electron chi connectivity index (χ0n) is 18.3. The summed E-state index contributed by atoms with van der Waals surface area (Å²) in [7, 11) is 0. The highest BCUT2D eigenvalue weighted by atomic mass is 35.5. The van der Waals surface area contributed by atoms with Crippen molar-refractivity contribution in [3.63, 3.8) is 0 Å². The van der Waals surface area contributed by atoms with Gasteiger partial charge < -0.3 is 15.0 Å². The van der Waals surface area contributed by atoms with Gasteiger partial charge in [-0.15, -0.1) is 13.2 Å². The number of amides is 1. The number of carbonyl (C=O) groups excluding carboxylic acids is 2. The van der Waals surface area contributed by atoms with Crippen LogP contribution in [0.2, 0.25) is 5.02 Å². The maximum absolute atomic E-state index is 13.0. The van der Waals surface area contributed by atoms with E-state index in [0.29, 0.717) is 48.7 Å². The van der Waals surface area contributed by atoms with Crippen LogP contribution >= 0.6 is 11.6 Å². The van der Waals surface area contributed by atoms with E-state index in [1.807, 2.05) is 4.90 Å². The molecule has 2 heterocycles. The van der Waals surface area contributed by atoms with E-state index in [0.717, 1.165) is 18.9 Å². The minimum absolute atomic E-state index is 0.0515. The number of benzene rings is 1. The predicted molar refractivity (Wildman–Crippen MR) is 120 cm³/mol. The lowest BCUT2D eigenvalue weighted by Gasteiger charge is -2.35. The molecule has 0 saturated carbocycles. The molecule has 1 N–H and O–H groups in total. The quantitative estimate of drug-likeness (QED) is 0.505. The summed E-state index contributed by atoms with van der Waals surface area (Å²) in [6.45, 7) is 4.73. The number of piperidine rings is 1. The van der Waals surface area contributed by atoms with Crippen molar-refractivity contribution >= 4 is 34.8 Å². The van der Waals surface area contributed by atoms with Crippen molar-refractivity contribution in [2.75, 3.05) is 23.3 Å². The van der Waals surface area contributed by atoms with Gasteiger partial charge in [-0.2, -0.15) is 0 Å². The zero-order valence-corrected chi connectivity index (χ0v) is 19.1. The van der Waals surface area contributed by atoms with Crippen LogP contribution in [0.5, 0.6) is 5.75 Å². The number of nitrogens with one attached hydrogen (secondary N) is 1. The second kappa shape index (κ2) is 10.4. The highest BCUT2D eigenvalue weighted by Gasteiger charge is 2.31. The van der Waals surface area contributed by atoms with Crippen molar-refractivity contribution in [3.8, 4) is 5.75 Å². The summed E-state index contributed by atoms with van der Waals surface area (Å²) < 4.78 is 41.2. The van der Waals surface area contributed by atoms with Gasteiger partial charge in [-0.1, -0.05) is 18.5 Å². The fraction of sp³-hybridized carbons (Fsp3) is 0.435. The molecular formula is C23H25ClF3N3O3. The smallest absolute Gasteiger partial charge is 0.406 e. The molecule has 10 heteroatoms. The van der Waals surface area contributed by atoms with Gasteiger partial charge in [0.05, 0.1) is 10.7 Å². The number of nitrogens with zero attached hydrogens (tertiary/aromatic N) is 2. The van der Waals surface area contributed by atoms with Crippen molar-refractivity contribution in [1.29, 1.82) is 0 Å². The van der Waals surface area contributed by atoms with E-state index in [1.165, 1.54) is 12.1 Å². The number of hydrogen-bond donors (Lipinski definition) is 1.